The van der Waals surface area contributed by atoms with Crippen LogP contribution in [-0.2, 0) is 0 Å². The Hall–Kier alpha value is -3.15. The highest BCUT2D eigenvalue weighted by molar-refractivity contribution is 6.38. The molecule has 0 aliphatic carbocycles. The van der Waals surface area contributed by atoms with Crippen LogP contribution in [0.25, 0.3) is 22.3 Å². The SMILES string of the molecule is COc1ccc(OCCOc2c(-c3ccccc3)oc3c(Cl)cc(Cl)cc3c2=O)cc1. The van der Waals surface area contributed by atoms with Gasteiger partial charge in [-0.15, -0.1) is 0 Å². The number of rotatable bonds is 7. The van der Waals surface area contributed by atoms with E-state index in [1.807, 2.05) is 30.3 Å². The minimum Gasteiger partial charge on any atom is -0.497 e. The molecule has 0 saturated carbocycles. The fraction of sp³-hybridized carbons (Fsp3) is 0.125. The van der Waals surface area contributed by atoms with Gasteiger partial charge in [-0.1, -0.05) is 53.5 Å². The van der Waals surface area contributed by atoms with Crippen LogP contribution in [0.2, 0.25) is 10.0 Å². The summed E-state index contributed by atoms with van der Waals surface area (Å²) in [7, 11) is 1.60. The van der Waals surface area contributed by atoms with Crippen LogP contribution in [0.15, 0.2) is 75.9 Å². The fourth-order valence-electron chi connectivity index (χ4n) is 3.09. The van der Waals surface area contributed by atoms with E-state index in [4.69, 9.17) is 41.8 Å². The summed E-state index contributed by atoms with van der Waals surface area (Å²) in [4.78, 5) is 13.2. The second-order valence-electron chi connectivity index (χ2n) is 6.59. The molecule has 0 bridgehead atoms. The van der Waals surface area contributed by atoms with Gasteiger partial charge in [0.1, 0.15) is 24.7 Å². The van der Waals surface area contributed by atoms with E-state index in [1.54, 1.807) is 31.4 Å². The number of methoxy groups -OCH3 is 1. The number of hydrogen-bond donors (Lipinski definition) is 0. The van der Waals surface area contributed by atoms with E-state index in [-0.39, 0.29) is 40.4 Å². The van der Waals surface area contributed by atoms with Gasteiger partial charge in [0.2, 0.25) is 11.2 Å². The third kappa shape index (κ3) is 4.63. The van der Waals surface area contributed by atoms with E-state index in [1.165, 1.54) is 12.1 Å². The number of halogens is 2. The van der Waals surface area contributed by atoms with Crippen LogP contribution in [0.3, 0.4) is 0 Å². The third-order valence-corrected chi connectivity index (χ3v) is 5.06. The lowest BCUT2D eigenvalue weighted by atomic mass is 10.1. The van der Waals surface area contributed by atoms with Crippen LogP contribution in [-0.4, -0.2) is 20.3 Å². The van der Waals surface area contributed by atoms with E-state index in [0.29, 0.717) is 22.1 Å². The number of benzene rings is 3. The first kappa shape index (κ1) is 21.1. The van der Waals surface area contributed by atoms with Gasteiger partial charge in [0.05, 0.1) is 17.5 Å². The summed E-state index contributed by atoms with van der Waals surface area (Å²) in [6, 6.07) is 19.5. The maximum atomic E-state index is 13.2. The molecule has 0 N–H and O–H groups in total. The molecule has 1 aromatic heterocycles. The Bertz CT molecular complexity index is 1250. The standard InChI is InChI=1S/C24H18Cl2O5/c1-28-17-7-9-18(10-8-17)29-11-12-30-24-21(27)19-13-16(25)14-20(26)23(19)31-22(24)15-5-3-2-4-6-15/h2-10,13-14H,11-12H2,1H3. The summed E-state index contributed by atoms with van der Waals surface area (Å²) >= 11 is 12.4. The van der Waals surface area contributed by atoms with Crippen LogP contribution >= 0.6 is 23.2 Å². The highest BCUT2D eigenvalue weighted by atomic mass is 35.5. The van der Waals surface area contributed by atoms with Crippen molar-refractivity contribution in [3.63, 3.8) is 0 Å². The minimum atomic E-state index is -0.353. The van der Waals surface area contributed by atoms with Gasteiger partial charge in [0.15, 0.2) is 11.3 Å². The zero-order chi connectivity index (χ0) is 21.8. The zero-order valence-electron chi connectivity index (χ0n) is 16.6. The Kier molecular flexibility index (Phi) is 6.35. The lowest BCUT2D eigenvalue weighted by Crippen LogP contribution is -2.15. The molecule has 5 nitrogen and oxygen atoms in total. The average Bonchev–Trinajstić information content (AvgIpc) is 2.79. The lowest BCUT2D eigenvalue weighted by molar-refractivity contribution is 0.214. The molecule has 0 aliphatic heterocycles. The number of ether oxygens (including phenoxy) is 3. The second kappa shape index (κ2) is 9.33. The first-order valence-electron chi connectivity index (χ1n) is 9.48. The van der Waals surface area contributed by atoms with Crippen molar-refractivity contribution < 1.29 is 18.6 Å². The Balaban J connectivity index is 1.63. The van der Waals surface area contributed by atoms with Gasteiger partial charge in [0, 0.05) is 10.6 Å². The molecule has 0 amide bonds. The van der Waals surface area contributed by atoms with E-state index in [0.717, 1.165) is 5.75 Å². The van der Waals surface area contributed by atoms with Crippen LogP contribution in [0, 0.1) is 0 Å². The predicted molar refractivity (Wildman–Crippen MR) is 122 cm³/mol. The molecule has 31 heavy (non-hydrogen) atoms. The first-order chi connectivity index (χ1) is 15.1. The Morgan fingerprint density at radius 3 is 2.26 bits per heavy atom. The maximum absolute atomic E-state index is 13.2. The van der Waals surface area contributed by atoms with Crippen molar-refractivity contribution in [1.29, 1.82) is 0 Å². The predicted octanol–water partition coefficient (Wildman–Crippen LogP) is 6.23. The molecule has 0 atom stereocenters. The van der Waals surface area contributed by atoms with E-state index in [2.05, 4.69) is 0 Å². The third-order valence-electron chi connectivity index (χ3n) is 4.56. The van der Waals surface area contributed by atoms with Gasteiger partial charge in [0.25, 0.3) is 0 Å². The van der Waals surface area contributed by atoms with Gasteiger partial charge in [-0.05, 0) is 36.4 Å². The summed E-state index contributed by atoms with van der Waals surface area (Å²) in [6.07, 6.45) is 0. The quantitative estimate of drug-likeness (QED) is 0.308. The Morgan fingerprint density at radius 2 is 1.55 bits per heavy atom. The fourth-order valence-corrected chi connectivity index (χ4v) is 3.62. The molecule has 0 unspecified atom stereocenters. The summed E-state index contributed by atoms with van der Waals surface area (Å²) in [5.74, 6) is 1.78. The van der Waals surface area contributed by atoms with Crippen LogP contribution in [0.1, 0.15) is 0 Å². The Labute approximate surface area is 188 Å². The second-order valence-corrected chi connectivity index (χ2v) is 7.44. The van der Waals surface area contributed by atoms with Crippen molar-refractivity contribution in [3.8, 4) is 28.6 Å². The summed E-state index contributed by atoms with van der Waals surface area (Å²) < 4.78 is 22.7. The summed E-state index contributed by atoms with van der Waals surface area (Å²) in [5.41, 5.74) is 0.601. The van der Waals surface area contributed by atoms with Crippen LogP contribution in [0.4, 0.5) is 0 Å². The van der Waals surface area contributed by atoms with Gasteiger partial charge in [-0.3, -0.25) is 4.79 Å². The van der Waals surface area contributed by atoms with Gasteiger partial charge in [-0.2, -0.15) is 0 Å². The molecule has 0 aliphatic rings. The highest BCUT2D eigenvalue weighted by Gasteiger charge is 2.19. The van der Waals surface area contributed by atoms with E-state index < -0.39 is 0 Å². The van der Waals surface area contributed by atoms with Crippen LogP contribution in [0.5, 0.6) is 17.2 Å². The molecule has 4 aromatic rings. The van der Waals surface area contributed by atoms with Crippen molar-refractivity contribution in [3.05, 3.63) is 87.0 Å². The molecular formula is C24H18Cl2O5. The first-order valence-corrected chi connectivity index (χ1v) is 10.2. The number of fused-ring (bicyclic) bond motifs is 1. The molecule has 0 spiro atoms. The molecule has 0 fully saturated rings. The lowest BCUT2D eigenvalue weighted by Gasteiger charge is -2.13. The minimum absolute atomic E-state index is 0.0790. The average molecular weight is 457 g/mol. The van der Waals surface area contributed by atoms with Gasteiger partial charge in [-0.25, -0.2) is 0 Å². The molecule has 3 aromatic carbocycles. The van der Waals surface area contributed by atoms with Crippen molar-refractivity contribution in [1.82, 2.24) is 0 Å². The maximum Gasteiger partial charge on any atom is 0.235 e. The number of hydrogen-bond acceptors (Lipinski definition) is 5. The van der Waals surface area contributed by atoms with Crippen molar-refractivity contribution in [2.45, 2.75) is 0 Å². The molecule has 0 saturated heterocycles. The van der Waals surface area contributed by atoms with Crippen molar-refractivity contribution in [2.24, 2.45) is 0 Å². The van der Waals surface area contributed by atoms with Crippen molar-refractivity contribution >= 4 is 34.2 Å². The molecule has 7 heteroatoms. The molecule has 4 rings (SSSR count). The van der Waals surface area contributed by atoms with Crippen molar-refractivity contribution in [2.75, 3.05) is 20.3 Å². The summed E-state index contributed by atoms with van der Waals surface area (Å²) in [5, 5.41) is 0.848. The van der Waals surface area contributed by atoms with Crippen LogP contribution < -0.4 is 19.6 Å². The molecule has 1 heterocycles. The summed E-state index contributed by atoms with van der Waals surface area (Å²) in [6.45, 7) is 0.366. The Morgan fingerprint density at radius 1 is 0.871 bits per heavy atom. The monoisotopic (exact) mass is 456 g/mol. The largest absolute Gasteiger partial charge is 0.497 e. The smallest absolute Gasteiger partial charge is 0.235 e. The zero-order valence-corrected chi connectivity index (χ0v) is 18.1. The molecule has 158 valence electrons. The highest BCUT2D eigenvalue weighted by Crippen LogP contribution is 2.35. The molecule has 0 radical (unpaired) electrons. The normalized spacial score (nSPS) is 10.8. The van der Waals surface area contributed by atoms with E-state index >= 15 is 0 Å². The van der Waals surface area contributed by atoms with Gasteiger partial charge < -0.3 is 18.6 Å². The topological polar surface area (TPSA) is 57.9 Å². The van der Waals surface area contributed by atoms with Gasteiger partial charge >= 0.3 is 0 Å². The van der Waals surface area contributed by atoms with E-state index in [9.17, 15) is 4.79 Å². The molecular weight excluding hydrogens is 439 g/mol.